The highest BCUT2D eigenvalue weighted by Crippen LogP contribution is 2.40. The number of aliphatic carboxylic acids is 1. The Morgan fingerprint density at radius 1 is 1.50 bits per heavy atom. The fourth-order valence-electron chi connectivity index (χ4n) is 2.07. The molecule has 0 bridgehead atoms. The SMILES string of the molecule is COc1ccccc1C1(CC(=O)O)COC1. The molecule has 0 aromatic heterocycles. The Bertz CT molecular complexity index is 396. The molecule has 1 aromatic rings. The van der Waals surface area contributed by atoms with Gasteiger partial charge in [0.25, 0.3) is 0 Å². The zero-order valence-electron chi connectivity index (χ0n) is 9.10. The first-order valence-electron chi connectivity index (χ1n) is 5.11. The average Bonchev–Trinajstić information content (AvgIpc) is 2.23. The van der Waals surface area contributed by atoms with Crippen molar-refractivity contribution in [2.45, 2.75) is 11.8 Å². The summed E-state index contributed by atoms with van der Waals surface area (Å²) in [6.07, 6.45) is 0.0768. The summed E-state index contributed by atoms with van der Waals surface area (Å²) in [5, 5.41) is 8.94. The van der Waals surface area contributed by atoms with E-state index in [1.165, 1.54) is 0 Å². The highest BCUT2D eigenvalue weighted by atomic mass is 16.5. The molecule has 86 valence electrons. The van der Waals surface area contributed by atoms with Crippen LogP contribution in [-0.4, -0.2) is 31.4 Å². The highest BCUT2D eigenvalue weighted by Gasteiger charge is 2.44. The molecule has 0 unspecified atom stereocenters. The molecule has 1 aromatic carbocycles. The molecule has 1 N–H and O–H groups in total. The maximum Gasteiger partial charge on any atom is 0.304 e. The summed E-state index contributed by atoms with van der Waals surface area (Å²) in [7, 11) is 1.59. The minimum Gasteiger partial charge on any atom is -0.496 e. The standard InChI is InChI=1S/C12H14O4/c1-15-10-5-3-2-4-9(10)12(6-11(13)14)7-16-8-12/h2-5H,6-8H2,1H3,(H,13,14). The van der Waals surface area contributed by atoms with Crippen molar-refractivity contribution < 1.29 is 19.4 Å². The van der Waals surface area contributed by atoms with Gasteiger partial charge in [-0.2, -0.15) is 0 Å². The van der Waals surface area contributed by atoms with Crippen LogP contribution in [0.3, 0.4) is 0 Å². The Morgan fingerprint density at radius 3 is 2.69 bits per heavy atom. The van der Waals surface area contributed by atoms with E-state index < -0.39 is 11.4 Å². The third-order valence-electron chi connectivity index (χ3n) is 2.92. The molecule has 16 heavy (non-hydrogen) atoms. The van der Waals surface area contributed by atoms with E-state index in [2.05, 4.69) is 0 Å². The van der Waals surface area contributed by atoms with Gasteiger partial charge in [0.2, 0.25) is 0 Å². The number of benzene rings is 1. The van der Waals surface area contributed by atoms with E-state index in [0.717, 1.165) is 11.3 Å². The zero-order valence-corrected chi connectivity index (χ0v) is 9.10. The van der Waals surface area contributed by atoms with Gasteiger partial charge in [0.15, 0.2) is 0 Å². The lowest BCUT2D eigenvalue weighted by molar-refractivity contribution is -0.145. The summed E-state index contributed by atoms with van der Waals surface area (Å²) in [6.45, 7) is 0.888. The van der Waals surface area contributed by atoms with Crippen LogP contribution in [0.25, 0.3) is 0 Å². The highest BCUT2D eigenvalue weighted by molar-refractivity contribution is 5.70. The summed E-state index contributed by atoms with van der Waals surface area (Å²) >= 11 is 0. The molecule has 1 saturated heterocycles. The molecule has 1 aliphatic rings. The Kier molecular flexibility index (Phi) is 2.83. The fraction of sp³-hybridized carbons (Fsp3) is 0.417. The molecule has 4 nitrogen and oxygen atoms in total. The zero-order chi connectivity index (χ0) is 11.6. The number of para-hydroxylation sites is 1. The molecule has 0 saturated carbocycles. The van der Waals surface area contributed by atoms with E-state index in [1.807, 2.05) is 24.3 Å². The summed E-state index contributed by atoms with van der Waals surface area (Å²) in [5.41, 5.74) is 0.504. The van der Waals surface area contributed by atoms with E-state index in [9.17, 15) is 4.79 Å². The van der Waals surface area contributed by atoms with Crippen molar-refractivity contribution in [1.82, 2.24) is 0 Å². The summed E-state index contributed by atoms with van der Waals surface area (Å²) in [6, 6.07) is 7.51. The lowest BCUT2D eigenvalue weighted by Crippen LogP contribution is -2.48. The van der Waals surface area contributed by atoms with Crippen molar-refractivity contribution in [3.8, 4) is 5.75 Å². The number of carbonyl (C=O) groups is 1. The van der Waals surface area contributed by atoms with Gasteiger partial charge in [-0.05, 0) is 6.07 Å². The largest absolute Gasteiger partial charge is 0.496 e. The van der Waals surface area contributed by atoms with Crippen molar-refractivity contribution in [3.63, 3.8) is 0 Å². The van der Waals surface area contributed by atoms with Gasteiger partial charge in [-0.15, -0.1) is 0 Å². The van der Waals surface area contributed by atoms with E-state index in [4.69, 9.17) is 14.6 Å². The van der Waals surface area contributed by atoms with Gasteiger partial charge in [-0.3, -0.25) is 4.79 Å². The average molecular weight is 222 g/mol. The minimum atomic E-state index is -0.811. The monoisotopic (exact) mass is 222 g/mol. The molecule has 1 heterocycles. The number of hydrogen-bond donors (Lipinski definition) is 1. The maximum absolute atomic E-state index is 10.9. The van der Waals surface area contributed by atoms with Crippen LogP contribution < -0.4 is 4.74 Å². The smallest absolute Gasteiger partial charge is 0.304 e. The predicted octanol–water partition coefficient (Wildman–Crippen LogP) is 1.44. The number of carboxylic acids is 1. The van der Waals surface area contributed by atoms with Crippen LogP contribution in [-0.2, 0) is 14.9 Å². The minimum absolute atomic E-state index is 0.0768. The second kappa shape index (κ2) is 4.14. The van der Waals surface area contributed by atoms with E-state index in [0.29, 0.717) is 13.2 Å². The van der Waals surface area contributed by atoms with Crippen LogP contribution in [0.4, 0.5) is 0 Å². The fourth-order valence-corrected chi connectivity index (χ4v) is 2.07. The number of methoxy groups -OCH3 is 1. The number of ether oxygens (including phenoxy) is 2. The second-order valence-electron chi connectivity index (χ2n) is 4.04. The van der Waals surface area contributed by atoms with E-state index in [-0.39, 0.29) is 6.42 Å². The van der Waals surface area contributed by atoms with E-state index in [1.54, 1.807) is 7.11 Å². The normalized spacial score (nSPS) is 17.6. The van der Waals surface area contributed by atoms with Crippen LogP contribution in [0.2, 0.25) is 0 Å². The third kappa shape index (κ3) is 1.76. The van der Waals surface area contributed by atoms with Crippen molar-refractivity contribution in [3.05, 3.63) is 29.8 Å². The Morgan fingerprint density at radius 2 is 2.19 bits per heavy atom. The van der Waals surface area contributed by atoms with Crippen molar-refractivity contribution in [2.75, 3.05) is 20.3 Å². The third-order valence-corrected chi connectivity index (χ3v) is 2.92. The summed E-state index contributed by atoms with van der Waals surface area (Å²) in [5.74, 6) is -0.0822. The van der Waals surface area contributed by atoms with Crippen molar-refractivity contribution in [1.29, 1.82) is 0 Å². The van der Waals surface area contributed by atoms with Gasteiger partial charge in [0, 0.05) is 5.56 Å². The van der Waals surface area contributed by atoms with Crippen molar-refractivity contribution in [2.24, 2.45) is 0 Å². The van der Waals surface area contributed by atoms with Gasteiger partial charge in [0.05, 0.1) is 32.2 Å². The summed E-state index contributed by atoms with van der Waals surface area (Å²) in [4.78, 5) is 10.9. The molecule has 1 fully saturated rings. The number of carboxylic acid groups (broad SMARTS) is 1. The molecule has 0 spiro atoms. The molecule has 0 amide bonds. The van der Waals surface area contributed by atoms with Crippen LogP contribution in [0, 0.1) is 0 Å². The first-order chi connectivity index (χ1) is 7.68. The molecule has 4 heteroatoms. The second-order valence-corrected chi connectivity index (χ2v) is 4.04. The first-order valence-corrected chi connectivity index (χ1v) is 5.11. The van der Waals surface area contributed by atoms with Crippen LogP contribution >= 0.6 is 0 Å². The van der Waals surface area contributed by atoms with Gasteiger partial charge >= 0.3 is 5.97 Å². The van der Waals surface area contributed by atoms with Gasteiger partial charge in [-0.1, -0.05) is 18.2 Å². The molecular formula is C12H14O4. The Labute approximate surface area is 93.8 Å². The van der Waals surface area contributed by atoms with Crippen LogP contribution in [0.5, 0.6) is 5.75 Å². The Hall–Kier alpha value is -1.55. The molecule has 0 radical (unpaired) electrons. The van der Waals surface area contributed by atoms with Gasteiger partial charge in [-0.25, -0.2) is 0 Å². The van der Waals surface area contributed by atoms with Crippen molar-refractivity contribution >= 4 is 5.97 Å². The van der Waals surface area contributed by atoms with Crippen LogP contribution in [0.1, 0.15) is 12.0 Å². The molecule has 0 atom stereocenters. The van der Waals surface area contributed by atoms with Gasteiger partial charge in [0.1, 0.15) is 5.75 Å². The maximum atomic E-state index is 10.9. The molecule has 0 aliphatic carbocycles. The number of rotatable bonds is 4. The predicted molar refractivity (Wildman–Crippen MR) is 57.7 cm³/mol. The Balaban J connectivity index is 2.36. The lowest BCUT2D eigenvalue weighted by Gasteiger charge is -2.41. The van der Waals surface area contributed by atoms with Gasteiger partial charge < -0.3 is 14.6 Å². The first kappa shape index (κ1) is 11.0. The molecular weight excluding hydrogens is 208 g/mol. The van der Waals surface area contributed by atoms with E-state index >= 15 is 0 Å². The van der Waals surface area contributed by atoms with Crippen LogP contribution in [0.15, 0.2) is 24.3 Å². The number of hydrogen-bond acceptors (Lipinski definition) is 3. The quantitative estimate of drug-likeness (QED) is 0.837. The topological polar surface area (TPSA) is 55.8 Å². The lowest BCUT2D eigenvalue weighted by atomic mass is 9.75. The molecule has 1 aliphatic heterocycles. The molecule has 2 rings (SSSR count). The summed E-state index contributed by atoms with van der Waals surface area (Å²) < 4.78 is 10.4.